The number of carboxylic acid groups (broad SMARTS) is 1. The van der Waals surface area contributed by atoms with E-state index in [0.717, 1.165) is 31.2 Å². The fourth-order valence-electron chi connectivity index (χ4n) is 3.67. The van der Waals surface area contributed by atoms with E-state index >= 15 is 0 Å². The van der Waals surface area contributed by atoms with Crippen molar-refractivity contribution in [2.75, 3.05) is 0 Å². The zero-order valence-corrected chi connectivity index (χ0v) is 22.5. The molecule has 0 aromatic heterocycles. The molecule has 0 saturated heterocycles. The number of amides is 1. The average molecular weight is 454 g/mol. The molecule has 0 bridgehead atoms. The average Bonchev–Trinajstić information content (AvgIpc) is 2.76. The number of unbranched alkanes of at least 4 members (excludes halogenated alkanes) is 11. The minimum Gasteiger partial charge on any atom is -1.00 e. The molecule has 0 unspecified atom stereocenters. The van der Waals surface area contributed by atoms with Crippen molar-refractivity contribution in [1.82, 2.24) is 5.32 Å². The number of carbonyl (C=O) groups is 2. The quantitative estimate of drug-likeness (QED) is 0.189. The van der Waals surface area contributed by atoms with Crippen LogP contribution in [0.1, 0.15) is 104 Å². The Morgan fingerprint density at radius 3 is 1.97 bits per heavy atom. The molecule has 0 heterocycles. The van der Waals surface area contributed by atoms with E-state index in [2.05, 4.69) is 24.4 Å². The second-order valence-electron chi connectivity index (χ2n) is 8.48. The molecule has 1 atom stereocenters. The van der Waals surface area contributed by atoms with Gasteiger partial charge in [0.25, 0.3) is 0 Å². The van der Waals surface area contributed by atoms with E-state index in [0.29, 0.717) is 12.8 Å². The summed E-state index contributed by atoms with van der Waals surface area (Å²) in [5.74, 6) is -1.15. The fourth-order valence-corrected chi connectivity index (χ4v) is 3.67. The van der Waals surface area contributed by atoms with Crippen molar-refractivity contribution in [2.24, 2.45) is 0 Å². The summed E-state index contributed by atoms with van der Waals surface area (Å²) in [5.41, 5.74) is 0.913. The van der Waals surface area contributed by atoms with Gasteiger partial charge in [-0.3, -0.25) is 4.79 Å². The van der Waals surface area contributed by atoms with Crippen LogP contribution < -0.4 is 34.9 Å². The van der Waals surface area contributed by atoms with Crippen molar-refractivity contribution in [3.63, 3.8) is 0 Å². The molecule has 0 aliphatic rings. The third kappa shape index (κ3) is 17.5. The first kappa shape index (κ1) is 30.9. The molecule has 32 heavy (non-hydrogen) atoms. The molecule has 0 fully saturated rings. The van der Waals surface area contributed by atoms with E-state index in [9.17, 15) is 14.7 Å². The van der Waals surface area contributed by atoms with Crippen LogP contribution in [0.15, 0.2) is 42.5 Å². The molecule has 1 amide bonds. The van der Waals surface area contributed by atoms with Crippen LogP contribution in [0.4, 0.5) is 0 Å². The Bertz CT molecular complexity index is 625. The first-order chi connectivity index (χ1) is 15.1. The van der Waals surface area contributed by atoms with E-state index in [1.807, 2.05) is 30.3 Å². The third-order valence-electron chi connectivity index (χ3n) is 5.58. The largest absolute Gasteiger partial charge is 1.00 e. The summed E-state index contributed by atoms with van der Waals surface area (Å²) in [6.45, 7) is 2.25. The maximum Gasteiger partial charge on any atom is 1.00 e. The molecule has 1 aromatic rings. The van der Waals surface area contributed by atoms with Crippen molar-refractivity contribution < 1.29 is 45.7 Å². The van der Waals surface area contributed by atoms with Gasteiger partial charge in [0.1, 0.15) is 6.04 Å². The van der Waals surface area contributed by atoms with E-state index < -0.39 is 12.0 Å². The molecule has 176 valence electrons. The minimum atomic E-state index is -0.984. The summed E-state index contributed by atoms with van der Waals surface area (Å²) in [7, 11) is 0. The summed E-state index contributed by atoms with van der Waals surface area (Å²) in [5, 5.41) is 12.0. The number of allylic oxidation sites excluding steroid dienone is 2. The monoisotopic (exact) mass is 453 g/mol. The van der Waals surface area contributed by atoms with Gasteiger partial charge in [-0.1, -0.05) is 101 Å². The van der Waals surface area contributed by atoms with Crippen molar-refractivity contribution in [3.05, 3.63) is 48.0 Å². The Labute approximate surface area is 219 Å². The van der Waals surface area contributed by atoms with Crippen LogP contribution in [-0.2, 0) is 16.0 Å². The summed E-state index contributed by atoms with van der Waals surface area (Å²) in [6.07, 6.45) is 21.2. The Balaban J connectivity index is 0. The molecule has 1 aromatic carbocycles. The van der Waals surface area contributed by atoms with Gasteiger partial charge in [0.05, 0.1) is 0 Å². The summed E-state index contributed by atoms with van der Waals surface area (Å²) in [4.78, 5) is 23.5. The summed E-state index contributed by atoms with van der Waals surface area (Å²) < 4.78 is 0. The predicted molar refractivity (Wildman–Crippen MR) is 130 cm³/mol. The summed E-state index contributed by atoms with van der Waals surface area (Å²) >= 11 is 0. The first-order valence-electron chi connectivity index (χ1n) is 12.3. The molecule has 0 aliphatic heterocycles. The topological polar surface area (TPSA) is 66.4 Å². The maximum absolute atomic E-state index is 12.1. The minimum absolute atomic E-state index is 0. The van der Waals surface area contributed by atoms with Gasteiger partial charge in [-0.25, -0.2) is 4.79 Å². The molecule has 0 spiro atoms. The van der Waals surface area contributed by atoms with E-state index in [4.69, 9.17) is 0 Å². The number of rotatable bonds is 19. The summed E-state index contributed by atoms with van der Waals surface area (Å²) in [6, 6.07) is 8.55. The zero-order chi connectivity index (χ0) is 22.6. The zero-order valence-electron chi connectivity index (χ0n) is 21.5. The van der Waals surface area contributed by atoms with Crippen LogP contribution in [0.3, 0.4) is 0 Å². The van der Waals surface area contributed by atoms with E-state index in [1.165, 1.54) is 57.8 Å². The number of nitrogens with one attached hydrogen (secondary N) is 1. The van der Waals surface area contributed by atoms with Gasteiger partial charge in [0, 0.05) is 12.8 Å². The van der Waals surface area contributed by atoms with Crippen molar-refractivity contribution in [2.45, 2.75) is 109 Å². The van der Waals surface area contributed by atoms with E-state index in [-0.39, 0.29) is 36.9 Å². The van der Waals surface area contributed by atoms with Crippen molar-refractivity contribution in [3.8, 4) is 0 Å². The fraction of sp³-hybridized carbons (Fsp3) is 0.630. The van der Waals surface area contributed by atoms with Gasteiger partial charge in [-0.15, -0.1) is 0 Å². The number of hydrogen-bond acceptors (Lipinski definition) is 2. The van der Waals surface area contributed by atoms with Gasteiger partial charge in [-0.05, 0) is 37.7 Å². The molecule has 1 rings (SSSR count). The molecular formula is C27H44NNaO3. The molecule has 0 radical (unpaired) electrons. The maximum atomic E-state index is 12.1. The third-order valence-corrected chi connectivity index (χ3v) is 5.58. The first-order valence-corrected chi connectivity index (χ1v) is 12.3. The van der Waals surface area contributed by atoms with Crippen molar-refractivity contribution in [1.29, 1.82) is 0 Å². The van der Waals surface area contributed by atoms with Crippen LogP contribution >= 0.6 is 0 Å². The number of benzene rings is 1. The molecule has 4 nitrogen and oxygen atoms in total. The Hall–Kier alpha value is -1.10. The number of aliphatic carboxylic acids is 1. The molecule has 2 N–H and O–H groups in total. The number of carbonyl (C=O) groups excluding carboxylic acids is 1. The van der Waals surface area contributed by atoms with Gasteiger partial charge in [-0.2, -0.15) is 0 Å². The normalized spacial score (nSPS) is 11.8. The number of carboxylic acids is 1. The Morgan fingerprint density at radius 2 is 1.41 bits per heavy atom. The SMILES string of the molecule is CCCCCCCC/C=C\CCCCCCCC(=O)N[C@@H](Cc1ccccc1)C(=O)O.[H-].[Na+]. The second-order valence-corrected chi connectivity index (χ2v) is 8.48. The predicted octanol–water partition coefficient (Wildman–Crippen LogP) is 3.95. The van der Waals surface area contributed by atoms with Gasteiger partial charge in [0.2, 0.25) is 5.91 Å². The standard InChI is InChI=1S/C27H43NO3.Na.H/c1-2-3-4-5-6-7-8-9-10-11-12-13-14-15-19-22-26(29)28-25(27(30)31)23-24-20-17-16-18-21-24;;/h9-10,16-18,20-21,25H,2-8,11-15,19,22-23H2,1H3,(H,28,29)(H,30,31);;/q;+1;-1/b10-9-;;/t25-;;/m0../s1. The van der Waals surface area contributed by atoms with Crippen LogP contribution in [0.5, 0.6) is 0 Å². The molecular weight excluding hydrogens is 409 g/mol. The van der Waals surface area contributed by atoms with Crippen LogP contribution in [0.2, 0.25) is 0 Å². The smallest absolute Gasteiger partial charge is 1.00 e. The molecule has 5 heteroatoms. The van der Waals surface area contributed by atoms with Gasteiger partial charge >= 0.3 is 35.5 Å². The van der Waals surface area contributed by atoms with Crippen molar-refractivity contribution >= 4 is 11.9 Å². The second kappa shape index (κ2) is 21.7. The Morgan fingerprint density at radius 1 is 0.875 bits per heavy atom. The van der Waals surface area contributed by atoms with Crippen LogP contribution in [0, 0.1) is 0 Å². The molecule has 0 aliphatic carbocycles. The molecule has 0 saturated carbocycles. The van der Waals surface area contributed by atoms with E-state index in [1.54, 1.807) is 0 Å². The number of hydrogen-bond donors (Lipinski definition) is 2. The van der Waals surface area contributed by atoms with Gasteiger partial charge in [0.15, 0.2) is 0 Å². The van der Waals surface area contributed by atoms with Crippen LogP contribution in [0.25, 0.3) is 0 Å². The Kier molecular flexibility index (Phi) is 21.0. The van der Waals surface area contributed by atoms with Crippen LogP contribution in [-0.4, -0.2) is 23.0 Å². The van der Waals surface area contributed by atoms with Gasteiger partial charge < -0.3 is 11.8 Å².